The fourth-order valence-electron chi connectivity index (χ4n) is 2.86. The molecule has 3 fully saturated rings. The lowest BCUT2D eigenvalue weighted by Gasteiger charge is -2.32. The van der Waals surface area contributed by atoms with Crippen LogP contribution in [0.3, 0.4) is 0 Å². The van der Waals surface area contributed by atoms with Gasteiger partial charge in [-0.2, -0.15) is 0 Å². The number of aliphatic imine (C=N–C) groups is 1. The number of rotatable bonds is 1. The van der Waals surface area contributed by atoms with Crippen LogP contribution in [0.4, 0.5) is 0 Å². The standard InChI is InChI=1S/C12H20N2OS/c1-2-5-12(6-3-1)9-16-11(14-12)13-10-4-7-15-8-10/h10H,1-9H2,(H,13,14). The van der Waals surface area contributed by atoms with E-state index in [4.69, 9.17) is 9.73 Å². The number of amidine groups is 1. The van der Waals surface area contributed by atoms with E-state index in [1.54, 1.807) is 0 Å². The van der Waals surface area contributed by atoms with E-state index >= 15 is 0 Å². The highest BCUT2D eigenvalue weighted by molar-refractivity contribution is 8.14. The molecule has 90 valence electrons. The molecule has 2 aliphatic heterocycles. The Morgan fingerprint density at radius 1 is 1.31 bits per heavy atom. The van der Waals surface area contributed by atoms with Crippen LogP contribution in [0.15, 0.2) is 4.99 Å². The monoisotopic (exact) mass is 240 g/mol. The molecule has 1 N–H and O–H groups in total. The van der Waals surface area contributed by atoms with Crippen molar-refractivity contribution in [2.24, 2.45) is 4.99 Å². The Hall–Kier alpha value is -0.220. The number of nitrogens with zero attached hydrogens (tertiary/aromatic N) is 1. The van der Waals surface area contributed by atoms with E-state index in [-0.39, 0.29) is 0 Å². The minimum absolute atomic E-state index is 0.390. The van der Waals surface area contributed by atoms with E-state index in [2.05, 4.69) is 5.32 Å². The molecule has 1 unspecified atom stereocenters. The molecule has 1 atom stereocenters. The number of thioether (sulfide) groups is 1. The first kappa shape index (κ1) is 10.9. The number of nitrogens with one attached hydrogen (secondary N) is 1. The molecular weight excluding hydrogens is 220 g/mol. The summed E-state index contributed by atoms with van der Waals surface area (Å²) in [5.41, 5.74) is 0.390. The zero-order valence-electron chi connectivity index (χ0n) is 9.71. The van der Waals surface area contributed by atoms with Crippen molar-refractivity contribution >= 4 is 16.9 Å². The molecule has 1 saturated carbocycles. The van der Waals surface area contributed by atoms with Crippen molar-refractivity contribution in [2.45, 2.75) is 50.1 Å². The van der Waals surface area contributed by atoms with E-state index in [0.717, 1.165) is 19.6 Å². The van der Waals surface area contributed by atoms with Crippen molar-refractivity contribution in [2.75, 3.05) is 19.0 Å². The van der Waals surface area contributed by atoms with Crippen molar-refractivity contribution in [3.8, 4) is 0 Å². The molecule has 1 aliphatic carbocycles. The van der Waals surface area contributed by atoms with E-state index in [1.807, 2.05) is 11.8 Å². The van der Waals surface area contributed by atoms with E-state index in [9.17, 15) is 0 Å². The third kappa shape index (κ3) is 2.23. The van der Waals surface area contributed by atoms with Gasteiger partial charge in [0.1, 0.15) is 0 Å². The Balaban J connectivity index is 1.62. The second-order valence-corrected chi connectivity index (χ2v) is 6.17. The largest absolute Gasteiger partial charge is 0.379 e. The van der Waals surface area contributed by atoms with Gasteiger partial charge < -0.3 is 10.1 Å². The van der Waals surface area contributed by atoms with Gasteiger partial charge in [0, 0.05) is 17.9 Å². The van der Waals surface area contributed by atoms with Crippen LogP contribution in [0, 0.1) is 0 Å². The van der Waals surface area contributed by atoms with Gasteiger partial charge in [0.05, 0.1) is 12.6 Å². The maximum Gasteiger partial charge on any atom is 0.157 e. The summed E-state index contributed by atoms with van der Waals surface area (Å²) in [6.45, 7) is 1.70. The van der Waals surface area contributed by atoms with Crippen LogP contribution < -0.4 is 5.32 Å². The Labute approximate surface area is 101 Å². The highest BCUT2D eigenvalue weighted by Gasteiger charge is 2.38. The quantitative estimate of drug-likeness (QED) is 0.762. The van der Waals surface area contributed by atoms with Crippen LogP contribution in [0.25, 0.3) is 0 Å². The SMILES string of the molecule is C1CCC2(CC1)CSC(=NC1CCOC1)N2. The van der Waals surface area contributed by atoms with E-state index < -0.39 is 0 Å². The fourth-order valence-corrected chi connectivity index (χ4v) is 4.15. The molecule has 0 amide bonds. The molecule has 0 aromatic carbocycles. The van der Waals surface area contributed by atoms with Crippen molar-refractivity contribution in [1.29, 1.82) is 0 Å². The number of hydrogen-bond acceptors (Lipinski definition) is 3. The van der Waals surface area contributed by atoms with Gasteiger partial charge in [-0.3, -0.25) is 4.99 Å². The third-order valence-electron chi connectivity index (χ3n) is 3.87. The summed E-state index contributed by atoms with van der Waals surface area (Å²) in [6.07, 6.45) is 7.94. The molecular formula is C12H20N2OS. The first-order valence-corrected chi connectivity index (χ1v) is 7.41. The Kier molecular flexibility index (Phi) is 3.11. The average molecular weight is 240 g/mol. The van der Waals surface area contributed by atoms with Crippen molar-refractivity contribution in [3.05, 3.63) is 0 Å². The average Bonchev–Trinajstić information content (AvgIpc) is 2.92. The van der Waals surface area contributed by atoms with Gasteiger partial charge in [-0.25, -0.2) is 0 Å². The normalized spacial score (nSPS) is 35.8. The first-order chi connectivity index (χ1) is 7.86. The molecule has 4 heteroatoms. The van der Waals surface area contributed by atoms with Crippen LogP contribution in [-0.2, 0) is 4.74 Å². The number of hydrogen-bond donors (Lipinski definition) is 1. The Morgan fingerprint density at radius 2 is 2.19 bits per heavy atom. The van der Waals surface area contributed by atoms with Crippen molar-refractivity contribution in [3.63, 3.8) is 0 Å². The molecule has 3 nitrogen and oxygen atoms in total. The second kappa shape index (κ2) is 4.57. The maximum absolute atomic E-state index is 5.36. The highest BCUT2D eigenvalue weighted by Crippen LogP contribution is 2.36. The molecule has 2 saturated heterocycles. The topological polar surface area (TPSA) is 33.6 Å². The van der Waals surface area contributed by atoms with Gasteiger partial charge in [0.25, 0.3) is 0 Å². The lowest BCUT2D eigenvalue weighted by Crippen LogP contribution is -2.45. The van der Waals surface area contributed by atoms with Crippen molar-refractivity contribution in [1.82, 2.24) is 5.32 Å². The van der Waals surface area contributed by atoms with Crippen molar-refractivity contribution < 1.29 is 4.74 Å². The van der Waals surface area contributed by atoms with Gasteiger partial charge in [-0.1, -0.05) is 31.0 Å². The summed E-state index contributed by atoms with van der Waals surface area (Å²) < 4.78 is 5.36. The summed E-state index contributed by atoms with van der Waals surface area (Å²) >= 11 is 1.92. The maximum atomic E-state index is 5.36. The number of ether oxygens (including phenoxy) is 1. The van der Waals surface area contributed by atoms with Crippen LogP contribution in [0.1, 0.15) is 38.5 Å². The Bertz CT molecular complexity index is 281. The molecule has 16 heavy (non-hydrogen) atoms. The lowest BCUT2D eigenvalue weighted by atomic mass is 9.83. The van der Waals surface area contributed by atoms with Gasteiger partial charge in [-0.05, 0) is 19.3 Å². The predicted molar refractivity (Wildman–Crippen MR) is 68.1 cm³/mol. The lowest BCUT2D eigenvalue weighted by molar-refractivity contribution is 0.194. The highest BCUT2D eigenvalue weighted by atomic mass is 32.2. The molecule has 2 heterocycles. The van der Waals surface area contributed by atoms with E-state index in [1.165, 1.54) is 43.0 Å². The van der Waals surface area contributed by atoms with Gasteiger partial charge >= 0.3 is 0 Å². The minimum atomic E-state index is 0.390. The molecule has 3 rings (SSSR count). The van der Waals surface area contributed by atoms with Crippen LogP contribution >= 0.6 is 11.8 Å². The zero-order chi connectivity index (χ0) is 10.8. The van der Waals surface area contributed by atoms with Crippen LogP contribution in [-0.4, -0.2) is 35.7 Å². The first-order valence-electron chi connectivity index (χ1n) is 6.43. The predicted octanol–water partition coefficient (Wildman–Crippen LogP) is 2.17. The van der Waals surface area contributed by atoms with Gasteiger partial charge in [0.2, 0.25) is 0 Å². The molecule has 1 spiro atoms. The summed E-state index contributed by atoms with van der Waals surface area (Å²) in [6, 6.07) is 0.411. The van der Waals surface area contributed by atoms with Gasteiger partial charge in [0.15, 0.2) is 5.17 Å². The second-order valence-electron chi connectivity index (χ2n) is 5.21. The summed E-state index contributed by atoms with van der Waals surface area (Å²) in [5.74, 6) is 1.22. The molecule has 0 bridgehead atoms. The molecule has 3 aliphatic rings. The summed E-state index contributed by atoms with van der Waals surface area (Å²) in [7, 11) is 0. The molecule has 0 aromatic rings. The summed E-state index contributed by atoms with van der Waals surface area (Å²) in [5, 5.41) is 4.87. The summed E-state index contributed by atoms with van der Waals surface area (Å²) in [4.78, 5) is 4.77. The Morgan fingerprint density at radius 3 is 2.94 bits per heavy atom. The minimum Gasteiger partial charge on any atom is -0.379 e. The molecule has 0 aromatic heterocycles. The van der Waals surface area contributed by atoms with Crippen LogP contribution in [0.5, 0.6) is 0 Å². The zero-order valence-corrected chi connectivity index (χ0v) is 10.5. The molecule has 0 radical (unpaired) electrons. The fraction of sp³-hybridized carbons (Fsp3) is 0.917. The van der Waals surface area contributed by atoms with Crippen LogP contribution in [0.2, 0.25) is 0 Å². The third-order valence-corrected chi connectivity index (χ3v) is 5.05. The van der Waals surface area contributed by atoms with Gasteiger partial charge in [-0.15, -0.1) is 0 Å². The van der Waals surface area contributed by atoms with E-state index in [0.29, 0.717) is 11.6 Å². The smallest absolute Gasteiger partial charge is 0.157 e.